The molecule has 0 bridgehead atoms. The molecule has 0 atom stereocenters. The second kappa shape index (κ2) is 4.84. The van der Waals surface area contributed by atoms with Crippen molar-refractivity contribution in [1.82, 2.24) is 5.06 Å². The number of nitrogens with zero attached hydrogens (tertiary/aromatic N) is 1. The number of benzene rings is 1. The minimum atomic E-state index is 0.534. The quantitative estimate of drug-likeness (QED) is 0.720. The summed E-state index contributed by atoms with van der Waals surface area (Å²) in [6.45, 7) is 3.17. The first-order valence-electron chi connectivity index (χ1n) is 4.34. The van der Waals surface area contributed by atoms with E-state index < -0.39 is 0 Å². The fraction of sp³-hybridized carbons (Fsp3) is 0.400. The van der Waals surface area contributed by atoms with E-state index >= 15 is 0 Å². The lowest BCUT2D eigenvalue weighted by atomic mass is 10.2. The summed E-state index contributed by atoms with van der Waals surface area (Å²) in [5.41, 5.74) is 1.06. The molecule has 1 rings (SSSR count). The highest BCUT2D eigenvalue weighted by atomic mass is 16.5. The molecule has 0 unspecified atom stereocenters. The van der Waals surface area contributed by atoms with Gasteiger partial charge in [-0.15, -0.1) is 0 Å². The molecule has 0 amide bonds. The average molecular weight is 181 g/mol. The summed E-state index contributed by atoms with van der Waals surface area (Å²) in [7, 11) is 1.62. The predicted octanol–water partition coefficient (Wildman–Crippen LogP) is 1.91. The third-order valence-corrected chi connectivity index (χ3v) is 1.65. The van der Waals surface area contributed by atoms with E-state index in [-0.39, 0.29) is 0 Å². The van der Waals surface area contributed by atoms with Gasteiger partial charge in [0, 0.05) is 13.6 Å². The van der Waals surface area contributed by atoms with Gasteiger partial charge in [-0.25, -0.2) is 0 Å². The van der Waals surface area contributed by atoms with Gasteiger partial charge in [-0.1, -0.05) is 12.1 Å². The lowest BCUT2D eigenvalue weighted by Crippen LogP contribution is -2.11. The van der Waals surface area contributed by atoms with Crippen LogP contribution < -0.4 is 4.74 Å². The molecule has 13 heavy (non-hydrogen) atoms. The summed E-state index contributed by atoms with van der Waals surface area (Å²) >= 11 is 0. The lowest BCUT2D eigenvalue weighted by molar-refractivity contribution is -0.0731. The number of rotatable bonds is 4. The fourth-order valence-corrected chi connectivity index (χ4v) is 1.12. The summed E-state index contributed by atoms with van der Waals surface area (Å²) in [6.07, 6.45) is 0. The van der Waals surface area contributed by atoms with E-state index in [2.05, 4.69) is 0 Å². The maximum absolute atomic E-state index is 8.98. The molecule has 1 N–H and O–H groups in total. The van der Waals surface area contributed by atoms with Gasteiger partial charge < -0.3 is 9.94 Å². The predicted molar refractivity (Wildman–Crippen MR) is 50.9 cm³/mol. The van der Waals surface area contributed by atoms with Gasteiger partial charge in [-0.05, 0) is 24.6 Å². The van der Waals surface area contributed by atoms with Crippen LogP contribution in [0.1, 0.15) is 12.5 Å². The van der Waals surface area contributed by atoms with Crippen LogP contribution in [0.4, 0.5) is 0 Å². The van der Waals surface area contributed by atoms with Crippen molar-refractivity contribution in [3.63, 3.8) is 0 Å². The Morgan fingerprint density at radius 3 is 2.38 bits per heavy atom. The van der Waals surface area contributed by atoms with Crippen LogP contribution in [0.3, 0.4) is 0 Å². The molecule has 0 saturated heterocycles. The summed E-state index contributed by atoms with van der Waals surface area (Å²) in [4.78, 5) is 0. The molecule has 0 aromatic heterocycles. The van der Waals surface area contributed by atoms with Gasteiger partial charge in [-0.2, -0.15) is 5.06 Å². The molecular weight excluding hydrogens is 166 g/mol. The average Bonchev–Trinajstić information content (AvgIpc) is 2.08. The Bertz CT molecular complexity index is 244. The van der Waals surface area contributed by atoms with Crippen LogP contribution in [0.2, 0.25) is 0 Å². The highest BCUT2D eigenvalue weighted by molar-refractivity contribution is 5.27. The highest BCUT2D eigenvalue weighted by Crippen LogP contribution is 2.12. The first-order chi connectivity index (χ1) is 6.22. The normalized spacial score (nSPS) is 10.5. The number of ether oxygens (including phenoxy) is 1. The minimum absolute atomic E-state index is 0.534. The van der Waals surface area contributed by atoms with Crippen molar-refractivity contribution in [3.8, 4) is 5.75 Å². The SMILES string of the molecule is CCOc1ccc(CN(C)O)cc1. The molecule has 3 nitrogen and oxygen atoms in total. The molecule has 0 aliphatic heterocycles. The van der Waals surface area contributed by atoms with E-state index in [1.54, 1.807) is 7.05 Å². The zero-order valence-corrected chi connectivity index (χ0v) is 8.03. The third kappa shape index (κ3) is 3.44. The molecule has 0 spiro atoms. The van der Waals surface area contributed by atoms with Crippen LogP contribution >= 0.6 is 0 Å². The van der Waals surface area contributed by atoms with Gasteiger partial charge in [0.2, 0.25) is 0 Å². The molecule has 0 aliphatic carbocycles. The van der Waals surface area contributed by atoms with E-state index in [1.165, 1.54) is 0 Å². The molecule has 3 heteroatoms. The number of hydrogen-bond donors (Lipinski definition) is 1. The summed E-state index contributed by atoms with van der Waals surface area (Å²) < 4.78 is 5.29. The summed E-state index contributed by atoms with van der Waals surface area (Å²) in [6, 6.07) is 7.69. The second-order valence-corrected chi connectivity index (χ2v) is 2.89. The standard InChI is InChI=1S/C10H15NO2/c1-3-13-10-6-4-9(5-7-10)8-11(2)12/h4-7,12H,3,8H2,1-2H3. The second-order valence-electron chi connectivity index (χ2n) is 2.89. The van der Waals surface area contributed by atoms with Crippen molar-refractivity contribution >= 4 is 0 Å². The van der Waals surface area contributed by atoms with Crippen molar-refractivity contribution in [2.75, 3.05) is 13.7 Å². The van der Waals surface area contributed by atoms with E-state index in [1.807, 2.05) is 31.2 Å². The third-order valence-electron chi connectivity index (χ3n) is 1.65. The van der Waals surface area contributed by atoms with Crippen LogP contribution in [0.15, 0.2) is 24.3 Å². The van der Waals surface area contributed by atoms with Crippen LogP contribution in [0, 0.1) is 0 Å². The Balaban J connectivity index is 2.59. The van der Waals surface area contributed by atoms with Crippen LogP contribution in [0.5, 0.6) is 5.75 Å². The first-order valence-corrected chi connectivity index (χ1v) is 4.34. The topological polar surface area (TPSA) is 32.7 Å². The van der Waals surface area contributed by atoms with Crippen molar-refractivity contribution in [2.45, 2.75) is 13.5 Å². The minimum Gasteiger partial charge on any atom is -0.494 e. The molecule has 0 saturated carbocycles. The molecule has 0 aliphatic rings. The van der Waals surface area contributed by atoms with Gasteiger partial charge in [-0.3, -0.25) is 0 Å². The smallest absolute Gasteiger partial charge is 0.119 e. The van der Waals surface area contributed by atoms with Gasteiger partial charge in [0.15, 0.2) is 0 Å². The molecule has 0 radical (unpaired) electrons. The van der Waals surface area contributed by atoms with Crippen LogP contribution in [-0.2, 0) is 6.54 Å². The molecule has 1 aromatic carbocycles. The maximum Gasteiger partial charge on any atom is 0.119 e. The monoisotopic (exact) mass is 181 g/mol. The van der Waals surface area contributed by atoms with Gasteiger partial charge in [0.05, 0.1) is 6.61 Å². The maximum atomic E-state index is 8.98. The van der Waals surface area contributed by atoms with Gasteiger partial charge in [0.25, 0.3) is 0 Å². The Labute approximate surface area is 78.5 Å². The first kappa shape index (κ1) is 10.0. The summed E-state index contributed by atoms with van der Waals surface area (Å²) in [5.74, 6) is 0.867. The van der Waals surface area contributed by atoms with E-state index in [9.17, 15) is 0 Å². The van der Waals surface area contributed by atoms with E-state index in [0.29, 0.717) is 13.2 Å². The van der Waals surface area contributed by atoms with Crippen molar-refractivity contribution in [3.05, 3.63) is 29.8 Å². The molecule has 0 fully saturated rings. The Morgan fingerprint density at radius 1 is 1.31 bits per heavy atom. The van der Waals surface area contributed by atoms with E-state index in [0.717, 1.165) is 16.4 Å². The molecule has 72 valence electrons. The molecule has 1 aromatic rings. The van der Waals surface area contributed by atoms with Gasteiger partial charge >= 0.3 is 0 Å². The Hall–Kier alpha value is -1.06. The number of hydrogen-bond acceptors (Lipinski definition) is 3. The van der Waals surface area contributed by atoms with Crippen LogP contribution in [-0.4, -0.2) is 23.9 Å². The highest BCUT2D eigenvalue weighted by Gasteiger charge is 1.96. The molecule has 0 heterocycles. The van der Waals surface area contributed by atoms with Gasteiger partial charge in [0.1, 0.15) is 5.75 Å². The number of hydroxylamine groups is 2. The molecular formula is C10H15NO2. The summed E-state index contributed by atoms with van der Waals surface area (Å²) in [5, 5.41) is 10.1. The van der Waals surface area contributed by atoms with E-state index in [4.69, 9.17) is 9.94 Å². The zero-order valence-electron chi connectivity index (χ0n) is 8.03. The largest absolute Gasteiger partial charge is 0.494 e. The van der Waals surface area contributed by atoms with Crippen molar-refractivity contribution in [1.29, 1.82) is 0 Å². The zero-order chi connectivity index (χ0) is 9.68. The fourth-order valence-electron chi connectivity index (χ4n) is 1.12. The van der Waals surface area contributed by atoms with Crippen LogP contribution in [0.25, 0.3) is 0 Å². The van der Waals surface area contributed by atoms with Crippen molar-refractivity contribution < 1.29 is 9.94 Å². The Morgan fingerprint density at radius 2 is 1.92 bits per heavy atom. The lowest BCUT2D eigenvalue weighted by Gasteiger charge is -2.08. The Kier molecular flexibility index (Phi) is 3.73. The van der Waals surface area contributed by atoms with Crippen molar-refractivity contribution in [2.24, 2.45) is 0 Å².